The van der Waals surface area contributed by atoms with Crippen molar-refractivity contribution in [2.45, 2.75) is 32.3 Å². The molecule has 26 heavy (non-hydrogen) atoms. The van der Waals surface area contributed by atoms with Crippen LogP contribution < -0.4 is 4.74 Å². The predicted molar refractivity (Wildman–Crippen MR) is 103 cm³/mol. The van der Waals surface area contributed by atoms with Gasteiger partial charge in [0, 0.05) is 20.2 Å². The molecule has 1 unspecified atom stereocenters. The Hall–Kier alpha value is -2.33. The first kappa shape index (κ1) is 18.5. The van der Waals surface area contributed by atoms with Crippen LogP contribution in [-0.2, 0) is 29.0 Å². The molecule has 4 heteroatoms. The van der Waals surface area contributed by atoms with Crippen molar-refractivity contribution in [3.05, 3.63) is 64.7 Å². The number of hydrogen-bond donors (Lipinski definition) is 0. The standard InChI is InChI=1S/C22H27NO3/c1-16-14-23(10-9-19-7-8-20(26-3)13-21(16)19)22(24)12-17-5-4-6-18(11-17)15-25-2/h4-8,11,13,16H,9-10,12,14-15H2,1-3H3. The molecule has 1 aliphatic rings. The van der Waals surface area contributed by atoms with Gasteiger partial charge in [0.15, 0.2) is 0 Å². The average molecular weight is 353 g/mol. The highest BCUT2D eigenvalue weighted by atomic mass is 16.5. The summed E-state index contributed by atoms with van der Waals surface area (Å²) in [5.74, 6) is 1.36. The van der Waals surface area contributed by atoms with E-state index in [0.717, 1.165) is 36.4 Å². The van der Waals surface area contributed by atoms with E-state index in [9.17, 15) is 4.79 Å². The molecule has 0 aromatic heterocycles. The van der Waals surface area contributed by atoms with Crippen molar-refractivity contribution in [1.82, 2.24) is 4.90 Å². The van der Waals surface area contributed by atoms with Crippen LogP contribution in [0.1, 0.15) is 35.1 Å². The topological polar surface area (TPSA) is 38.8 Å². The maximum Gasteiger partial charge on any atom is 0.227 e. The van der Waals surface area contributed by atoms with Crippen molar-refractivity contribution in [3.8, 4) is 5.75 Å². The molecular formula is C22H27NO3. The molecule has 1 amide bonds. The first-order valence-corrected chi connectivity index (χ1v) is 9.12. The van der Waals surface area contributed by atoms with Crippen LogP contribution in [0.4, 0.5) is 0 Å². The number of rotatable bonds is 5. The molecule has 1 heterocycles. The van der Waals surface area contributed by atoms with Gasteiger partial charge in [-0.2, -0.15) is 0 Å². The van der Waals surface area contributed by atoms with Gasteiger partial charge in [0.2, 0.25) is 5.91 Å². The third-order valence-corrected chi connectivity index (χ3v) is 5.04. The summed E-state index contributed by atoms with van der Waals surface area (Å²) in [6.07, 6.45) is 1.32. The Morgan fingerprint density at radius 2 is 1.96 bits per heavy atom. The maximum atomic E-state index is 12.9. The molecule has 0 fully saturated rings. The number of nitrogens with zero attached hydrogens (tertiary/aromatic N) is 1. The number of methoxy groups -OCH3 is 2. The van der Waals surface area contributed by atoms with Crippen molar-refractivity contribution < 1.29 is 14.3 Å². The van der Waals surface area contributed by atoms with Crippen molar-refractivity contribution in [2.24, 2.45) is 0 Å². The number of ether oxygens (including phenoxy) is 2. The van der Waals surface area contributed by atoms with Crippen molar-refractivity contribution >= 4 is 5.91 Å². The third-order valence-electron chi connectivity index (χ3n) is 5.04. The molecule has 0 radical (unpaired) electrons. The van der Waals surface area contributed by atoms with Crippen LogP contribution in [0, 0.1) is 0 Å². The van der Waals surface area contributed by atoms with Gasteiger partial charge in [0.05, 0.1) is 20.1 Å². The van der Waals surface area contributed by atoms with Gasteiger partial charge < -0.3 is 14.4 Å². The number of hydrogen-bond acceptors (Lipinski definition) is 3. The highest BCUT2D eigenvalue weighted by Crippen LogP contribution is 2.29. The van der Waals surface area contributed by atoms with E-state index in [2.05, 4.69) is 25.1 Å². The summed E-state index contributed by atoms with van der Waals surface area (Å²) >= 11 is 0. The van der Waals surface area contributed by atoms with Crippen molar-refractivity contribution in [2.75, 3.05) is 27.3 Å². The first-order chi connectivity index (χ1) is 12.6. The average Bonchev–Trinajstić information content (AvgIpc) is 2.81. The SMILES string of the molecule is COCc1cccc(CC(=O)N2CCc3ccc(OC)cc3C(C)C2)c1. The minimum Gasteiger partial charge on any atom is -0.497 e. The summed E-state index contributed by atoms with van der Waals surface area (Å²) < 4.78 is 10.5. The monoisotopic (exact) mass is 353 g/mol. The Morgan fingerprint density at radius 3 is 2.73 bits per heavy atom. The quantitative estimate of drug-likeness (QED) is 0.825. The van der Waals surface area contributed by atoms with E-state index in [0.29, 0.717) is 18.9 Å². The second-order valence-electron chi connectivity index (χ2n) is 6.99. The lowest BCUT2D eigenvalue weighted by atomic mass is 9.95. The molecule has 1 aliphatic heterocycles. The van der Waals surface area contributed by atoms with Crippen LogP contribution in [0.3, 0.4) is 0 Å². The molecule has 138 valence electrons. The summed E-state index contributed by atoms with van der Waals surface area (Å²) in [5, 5.41) is 0. The fourth-order valence-electron chi connectivity index (χ4n) is 3.67. The highest BCUT2D eigenvalue weighted by Gasteiger charge is 2.23. The zero-order valence-electron chi connectivity index (χ0n) is 15.8. The van der Waals surface area contributed by atoms with E-state index in [1.54, 1.807) is 14.2 Å². The van der Waals surface area contributed by atoms with Crippen LogP contribution in [0.2, 0.25) is 0 Å². The maximum absolute atomic E-state index is 12.9. The first-order valence-electron chi connectivity index (χ1n) is 9.12. The lowest BCUT2D eigenvalue weighted by molar-refractivity contribution is -0.130. The van der Waals surface area contributed by atoms with Crippen LogP contribution in [0.25, 0.3) is 0 Å². The minimum absolute atomic E-state index is 0.186. The van der Waals surface area contributed by atoms with Crippen LogP contribution in [0.5, 0.6) is 5.75 Å². The Labute approximate surface area is 155 Å². The van der Waals surface area contributed by atoms with Gasteiger partial charge >= 0.3 is 0 Å². The summed E-state index contributed by atoms with van der Waals surface area (Å²) in [5.41, 5.74) is 4.75. The Morgan fingerprint density at radius 1 is 1.15 bits per heavy atom. The second kappa shape index (κ2) is 8.37. The zero-order valence-corrected chi connectivity index (χ0v) is 15.8. The van der Waals surface area contributed by atoms with Crippen LogP contribution in [0.15, 0.2) is 42.5 Å². The lowest BCUT2D eigenvalue weighted by Gasteiger charge is -2.23. The summed E-state index contributed by atoms with van der Waals surface area (Å²) in [4.78, 5) is 14.9. The van der Waals surface area contributed by atoms with Gasteiger partial charge in [-0.1, -0.05) is 37.3 Å². The fourth-order valence-corrected chi connectivity index (χ4v) is 3.67. The van der Waals surface area contributed by atoms with Gasteiger partial charge in [0.1, 0.15) is 5.75 Å². The molecule has 0 saturated heterocycles. The largest absolute Gasteiger partial charge is 0.497 e. The Bertz CT molecular complexity index is 772. The van der Waals surface area contributed by atoms with Gasteiger partial charge in [-0.25, -0.2) is 0 Å². The smallest absolute Gasteiger partial charge is 0.227 e. The molecule has 4 nitrogen and oxygen atoms in total. The van der Waals surface area contributed by atoms with E-state index >= 15 is 0 Å². The van der Waals surface area contributed by atoms with E-state index in [1.807, 2.05) is 29.2 Å². The molecule has 0 saturated carbocycles. The van der Waals surface area contributed by atoms with E-state index in [1.165, 1.54) is 11.1 Å². The number of amides is 1. The summed E-state index contributed by atoms with van der Waals surface area (Å²) in [7, 11) is 3.37. The van der Waals surface area contributed by atoms with Gasteiger partial charge in [0.25, 0.3) is 0 Å². The minimum atomic E-state index is 0.186. The molecule has 0 N–H and O–H groups in total. The van der Waals surface area contributed by atoms with Crippen LogP contribution >= 0.6 is 0 Å². The van der Waals surface area contributed by atoms with E-state index in [-0.39, 0.29) is 5.91 Å². The van der Waals surface area contributed by atoms with Crippen molar-refractivity contribution in [1.29, 1.82) is 0 Å². The molecule has 2 aromatic carbocycles. The molecule has 2 aromatic rings. The second-order valence-corrected chi connectivity index (χ2v) is 6.99. The Kier molecular flexibility index (Phi) is 5.94. The van der Waals surface area contributed by atoms with Crippen molar-refractivity contribution in [3.63, 3.8) is 0 Å². The number of carbonyl (C=O) groups is 1. The Balaban J connectivity index is 1.70. The number of carbonyl (C=O) groups excluding carboxylic acids is 1. The lowest BCUT2D eigenvalue weighted by Crippen LogP contribution is -2.35. The third kappa shape index (κ3) is 4.25. The number of benzene rings is 2. The zero-order chi connectivity index (χ0) is 18.5. The van der Waals surface area contributed by atoms with E-state index < -0.39 is 0 Å². The molecule has 0 aliphatic carbocycles. The van der Waals surface area contributed by atoms with E-state index in [4.69, 9.17) is 9.47 Å². The van der Waals surface area contributed by atoms with Gasteiger partial charge in [-0.15, -0.1) is 0 Å². The summed E-state index contributed by atoms with van der Waals surface area (Å²) in [6, 6.07) is 14.3. The summed E-state index contributed by atoms with van der Waals surface area (Å²) in [6.45, 7) is 4.26. The highest BCUT2D eigenvalue weighted by molar-refractivity contribution is 5.79. The number of fused-ring (bicyclic) bond motifs is 1. The van der Waals surface area contributed by atoms with Gasteiger partial charge in [-0.05, 0) is 46.7 Å². The molecule has 1 atom stereocenters. The van der Waals surface area contributed by atoms with Crippen LogP contribution in [-0.4, -0.2) is 38.1 Å². The van der Waals surface area contributed by atoms with Gasteiger partial charge in [-0.3, -0.25) is 4.79 Å². The molecule has 3 rings (SSSR count). The molecule has 0 bridgehead atoms. The normalized spacial score (nSPS) is 16.7. The molecule has 0 spiro atoms. The molecular weight excluding hydrogens is 326 g/mol. The predicted octanol–water partition coefficient (Wildman–Crippen LogP) is 3.57. The fraction of sp³-hybridized carbons (Fsp3) is 0.409.